The molecule has 0 radical (unpaired) electrons. The first-order valence-corrected chi connectivity index (χ1v) is 8.67. The Balaban J connectivity index is 2.06. The molecule has 1 aliphatic carbocycles. The van der Waals surface area contributed by atoms with Crippen LogP contribution in [0.25, 0.3) is 0 Å². The average Bonchev–Trinajstić information content (AvgIpc) is 2.66. The lowest BCUT2D eigenvalue weighted by Crippen LogP contribution is -2.43. The molecule has 1 heterocycles. The summed E-state index contributed by atoms with van der Waals surface area (Å²) >= 11 is 0. The van der Waals surface area contributed by atoms with E-state index in [1.165, 1.54) is 0 Å². The summed E-state index contributed by atoms with van der Waals surface area (Å²) in [7, 11) is -1.51. The van der Waals surface area contributed by atoms with Crippen molar-refractivity contribution in [3.05, 3.63) is 18.0 Å². The molecular weight excluding hydrogens is 274 g/mol. The van der Waals surface area contributed by atoms with Crippen LogP contribution in [0.3, 0.4) is 0 Å². The molecule has 0 saturated heterocycles. The first-order valence-electron chi connectivity index (χ1n) is 7.19. The summed E-state index contributed by atoms with van der Waals surface area (Å²) in [6.45, 7) is 6.95. The highest BCUT2D eigenvalue weighted by Gasteiger charge is 2.30. The Hall–Kier alpha value is -0.850. The van der Waals surface area contributed by atoms with Gasteiger partial charge in [-0.2, -0.15) is 0 Å². The third-order valence-corrected chi connectivity index (χ3v) is 5.27. The first kappa shape index (κ1) is 15.5. The second kappa shape index (κ2) is 5.87. The standard InChI is InChI=1S/C14H25N3O2S/c1-10(2)15-8-13-7-14(9-17(13)4)20(18,19)16-12-5-11(3)6-12/h7,9-12,15-16H,5-6,8H2,1-4H3. The van der Waals surface area contributed by atoms with Gasteiger partial charge in [0.2, 0.25) is 10.0 Å². The predicted molar refractivity (Wildman–Crippen MR) is 79.9 cm³/mol. The molecule has 1 saturated carbocycles. The second-order valence-electron chi connectivity index (χ2n) is 6.21. The number of aryl methyl sites for hydroxylation is 1. The summed E-state index contributed by atoms with van der Waals surface area (Å²) in [4.78, 5) is 0.361. The minimum Gasteiger partial charge on any atom is -0.352 e. The maximum atomic E-state index is 12.3. The highest BCUT2D eigenvalue weighted by Crippen LogP contribution is 2.28. The third-order valence-electron chi connectivity index (χ3n) is 3.78. The predicted octanol–water partition coefficient (Wildman–Crippen LogP) is 1.60. The van der Waals surface area contributed by atoms with Crippen LogP contribution in [-0.4, -0.2) is 25.1 Å². The summed E-state index contributed by atoms with van der Waals surface area (Å²) in [6.07, 6.45) is 3.56. The van der Waals surface area contributed by atoms with E-state index in [9.17, 15) is 8.42 Å². The van der Waals surface area contributed by atoms with Gasteiger partial charge in [-0.05, 0) is 24.8 Å². The molecule has 2 N–H and O–H groups in total. The summed E-state index contributed by atoms with van der Waals surface area (Å²) < 4.78 is 29.3. The topological polar surface area (TPSA) is 63.1 Å². The maximum Gasteiger partial charge on any atom is 0.242 e. The van der Waals surface area contributed by atoms with E-state index >= 15 is 0 Å². The van der Waals surface area contributed by atoms with Crippen molar-refractivity contribution in [2.24, 2.45) is 13.0 Å². The van der Waals surface area contributed by atoms with Gasteiger partial charge >= 0.3 is 0 Å². The van der Waals surface area contributed by atoms with Crippen molar-refractivity contribution >= 4 is 10.0 Å². The fraction of sp³-hybridized carbons (Fsp3) is 0.714. The van der Waals surface area contributed by atoms with Crippen LogP contribution in [-0.2, 0) is 23.6 Å². The number of hydrogen-bond acceptors (Lipinski definition) is 3. The number of nitrogens with one attached hydrogen (secondary N) is 2. The molecule has 0 atom stereocenters. The molecule has 1 aromatic rings. The van der Waals surface area contributed by atoms with Crippen LogP contribution in [0.2, 0.25) is 0 Å². The Morgan fingerprint density at radius 2 is 2.05 bits per heavy atom. The first-order chi connectivity index (χ1) is 9.28. The molecule has 0 unspecified atom stereocenters. The molecule has 1 aromatic heterocycles. The molecule has 0 aromatic carbocycles. The van der Waals surface area contributed by atoms with Gasteiger partial charge in [-0.15, -0.1) is 0 Å². The van der Waals surface area contributed by atoms with Crippen molar-refractivity contribution in [3.63, 3.8) is 0 Å². The van der Waals surface area contributed by atoms with Crippen LogP contribution in [0.5, 0.6) is 0 Å². The maximum absolute atomic E-state index is 12.3. The van der Waals surface area contributed by atoms with Crippen LogP contribution < -0.4 is 10.0 Å². The average molecular weight is 299 g/mol. The van der Waals surface area contributed by atoms with Gasteiger partial charge in [-0.1, -0.05) is 20.8 Å². The van der Waals surface area contributed by atoms with E-state index in [1.54, 1.807) is 12.3 Å². The van der Waals surface area contributed by atoms with Crippen LogP contribution >= 0.6 is 0 Å². The fourth-order valence-electron chi connectivity index (χ4n) is 2.49. The van der Waals surface area contributed by atoms with Crippen LogP contribution in [0, 0.1) is 5.92 Å². The minimum absolute atomic E-state index is 0.104. The second-order valence-corrected chi connectivity index (χ2v) is 7.92. The highest BCUT2D eigenvalue weighted by molar-refractivity contribution is 7.89. The van der Waals surface area contributed by atoms with Gasteiger partial charge in [-0.25, -0.2) is 13.1 Å². The molecule has 0 aliphatic heterocycles. The molecule has 20 heavy (non-hydrogen) atoms. The van der Waals surface area contributed by atoms with Crippen molar-refractivity contribution in [1.82, 2.24) is 14.6 Å². The molecule has 1 aliphatic rings. The molecule has 1 fully saturated rings. The highest BCUT2D eigenvalue weighted by atomic mass is 32.2. The molecule has 5 nitrogen and oxygen atoms in total. The van der Waals surface area contributed by atoms with E-state index in [4.69, 9.17) is 0 Å². The quantitative estimate of drug-likeness (QED) is 0.838. The fourth-order valence-corrected chi connectivity index (χ4v) is 3.85. The Morgan fingerprint density at radius 1 is 1.40 bits per heavy atom. The molecule has 0 amide bonds. The van der Waals surface area contributed by atoms with Crippen LogP contribution in [0.1, 0.15) is 39.3 Å². The number of nitrogens with zero attached hydrogens (tertiary/aromatic N) is 1. The smallest absolute Gasteiger partial charge is 0.242 e. The number of aromatic nitrogens is 1. The lowest BCUT2D eigenvalue weighted by atomic mass is 9.83. The summed E-state index contributed by atoms with van der Waals surface area (Å²) in [5.74, 6) is 0.629. The van der Waals surface area contributed by atoms with Crippen LogP contribution in [0.4, 0.5) is 0 Å². The van der Waals surface area contributed by atoms with Gasteiger partial charge in [0.05, 0.1) is 4.90 Å². The number of rotatable bonds is 6. The van der Waals surface area contributed by atoms with E-state index < -0.39 is 10.0 Å². The summed E-state index contributed by atoms with van der Waals surface area (Å²) in [5, 5.41) is 3.30. The number of sulfonamides is 1. The van der Waals surface area contributed by atoms with E-state index in [2.05, 4.69) is 30.8 Å². The van der Waals surface area contributed by atoms with Crippen molar-refractivity contribution in [1.29, 1.82) is 0 Å². The Morgan fingerprint density at radius 3 is 2.60 bits per heavy atom. The van der Waals surface area contributed by atoms with Gasteiger partial charge in [0.15, 0.2) is 0 Å². The zero-order chi connectivity index (χ0) is 14.9. The van der Waals surface area contributed by atoms with Gasteiger partial charge in [0.25, 0.3) is 0 Å². The zero-order valence-electron chi connectivity index (χ0n) is 12.7. The zero-order valence-corrected chi connectivity index (χ0v) is 13.5. The molecule has 2 rings (SSSR count). The monoisotopic (exact) mass is 299 g/mol. The molecule has 0 spiro atoms. The lowest BCUT2D eigenvalue weighted by molar-refractivity contribution is 0.270. The molecular formula is C14H25N3O2S. The Bertz CT molecular complexity index is 557. The third kappa shape index (κ3) is 3.62. The Labute approximate surface area is 121 Å². The van der Waals surface area contributed by atoms with Gasteiger partial charge in [0, 0.05) is 37.6 Å². The summed E-state index contributed by atoms with van der Waals surface area (Å²) in [6, 6.07) is 2.23. The molecule has 114 valence electrons. The molecule has 6 heteroatoms. The SMILES string of the molecule is CC1CC(NS(=O)(=O)c2cc(CNC(C)C)n(C)c2)C1. The lowest BCUT2D eigenvalue weighted by Gasteiger charge is -2.32. The van der Waals surface area contributed by atoms with Crippen molar-refractivity contribution in [2.45, 2.75) is 57.1 Å². The van der Waals surface area contributed by atoms with Gasteiger partial charge < -0.3 is 9.88 Å². The number of hydrogen-bond donors (Lipinski definition) is 2. The largest absolute Gasteiger partial charge is 0.352 e. The van der Waals surface area contributed by atoms with Gasteiger partial charge in [0.1, 0.15) is 0 Å². The van der Waals surface area contributed by atoms with Crippen molar-refractivity contribution in [2.75, 3.05) is 0 Å². The normalized spacial score (nSPS) is 23.1. The summed E-state index contributed by atoms with van der Waals surface area (Å²) in [5.41, 5.74) is 0.973. The van der Waals surface area contributed by atoms with Crippen molar-refractivity contribution < 1.29 is 8.42 Å². The van der Waals surface area contributed by atoms with E-state index in [-0.39, 0.29) is 6.04 Å². The molecule has 0 bridgehead atoms. The van der Waals surface area contributed by atoms with Gasteiger partial charge in [-0.3, -0.25) is 0 Å². The minimum atomic E-state index is -3.38. The van der Waals surface area contributed by atoms with Crippen molar-refractivity contribution in [3.8, 4) is 0 Å². The van der Waals surface area contributed by atoms with E-state index in [0.717, 1.165) is 18.5 Å². The van der Waals surface area contributed by atoms with E-state index in [1.807, 2.05) is 11.6 Å². The van der Waals surface area contributed by atoms with Crippen LogP contribution in [0.15, 0.2) is 17.2 Å². The Kier molecular flexibility index (Phi) is 4.56. The van der Waals surface area contributed by atoms with E-state index in [0.29, 0.717) is 23.4 Å².